The van der Waals surface area contributed by atoms with Crippen molar-refractivity contribution in [2.75, 3.05) is 45.1 Å². The Morgan fingerprint density at radius 2 is 2.13 bits per heavy atom. The second kappa shape index (κ2) is 6.48. The Morgan fingerprint density at radius 1 is 1.47 bits per heavy atom. The van der Waals surface area contributed by atoms with E-state index in [2.05, 4.69) is 15.5 Å². The summed E-state index contributed by atoms with van der Waals surface area (Å²) in [7, 11) is -2.02. The first kappa shape index (κ1) is 13.0. The molecule has 0 aromatic carbocycles. The van der Waals surface area contributed by atoms with Gasteiger partial charge in [0, 0.05) is 35.1 Å². The molecule has 0 amide bonds. The molecule has 1 fully saturated rings. The van der Waals surface area contributed by atoms with E-state index in [0.717, 1.165) is 45.8 Å². The van der Waals surface area contributed by atoms with Crippen LogP contribution in [0.3, 0.4) is 0 Å². The summed E-state index contributed by atoms with van der Waals surface area (Å²) in [5, 5.41) is 0. The molecule has 1 unspecified atom stereocenters. The lowest BCUT2D eigenvalue weighted by atomic mass is 10.3. The van der Waals surface area contributed by atoms with Gasteiger partial charge in [-0.1, -0.05) is 6.92 Å². The van der Waals surface area contributed by atoms with Crippen molar-refractivity contribution < 1.29 is 8.95 Å². The highest BCUT2D eigenvalue weighted by molar-refractivity contribution is 7.98. The summed E-state index contributed by atoms with van der Waals surface area (Å²) in [4.78, 5) is 2.38. The van der Waals surface area contributed by atoms with Gasteiger partial charge in [-0.3, -0.25) is 9.11 Å². The third-order valence-electron chi connectivity index (χ3n) is 2.59. The van der Waals surface area contributed by atoms with Crippen LogP contribution in [0.5, 0.6) is 0 Å². The Kier molecular flexibility index (Phi) is 5.60. The Bertz CT molecular complexity index is 259. The Labute approximate surface area is 93.1 Å². The molecule has 1 aliphatic heterocycles. The van der Waals surface area contributed by atoms with Crippen LogP contribution in [0.15, 0.2) is 0 Å². The predicted molar refractivity (Wildman–Crippen MR) is 65.7 cm³/mol. The third-order valence-corrected chi connectivity index (χ3v) is 4.25. The molecule has 0 radical (unpaired) electrons. The second-order valence-corrected chi connectivity index (χ2v) is 6.29. The van der Waals surface area contributed by atoms with Crippen LogP contribution >= 0.6 is 0 Å². The van der Waals surface area contributed by atoms with Gasteiger partial charge in [0.05, 0.1) is 13.2 Å². The standard InChI is InChI=1S/C10H22N2O2S/c1-3-15(2,13)11-5-4-6-12-7-9-14-10-8-12/h2-10H2,1H3,(H,11,13). The minimum absolute atomic E-state index is 0.602. The number of nitrogens with zero attached hydrogens (tertiary/aromatic N) is 1. The van der Waals surface area contributed by atoms with E-state index in [9.17, 15) is 4.21 Å². The number of hydrogen-bond donors (Lipinski definition) is 1. The van der Waals surface area contributed by atoms with Crippen molar-refractivity contribution in [1.29, 1.82) is 0 Å². The van der Waals surface area contributed by atoms with E-state index in [1.165, 1.54) is 0 Å². The van der Waals surface area contributed by atoms with E-state index >= 15 is 0 Å². The van der Waals surface area contributed by atoms with E-state index in [0.29, 0.717) is 5.75 Å². The first-order valence-corrected chi connectivity index (χ1v) is 7.43. The molecule has 0 aromatic heterocycles. The molecule has 15 heavy (non-hydrogen) atoms. The zero-order valence-electron chi connectivity index (χ0n) is 9.54. The van der Waals surface area contributed by atoms with Gasteiger partial charge in [-0.25, -0.2) is 4.72 Å². The number of ether oxygens (including phenoxy) is 1. The first-order chi connectivity index (χ1) is 7.14. The molecule has 1 N–H and O–H groups in total. The van der Waals surface area contributed by atoms with E-state index in [4.69, 9.17) is 4.74 Å². The van der Waals surface area contributed by atoms with Gasteiger partial charge in [0.1, 0.15) is 0 Å². The molecule has 0 aromatic rings. The smallest absolute Gasteiger partial charge is 0.0594 e. The molecule has 1 atom stereocenters. The van der Waals surface area contributed by atoms with Crippen molar-refractivity contribution >= 4 is 15.6 Å². The quantitative estimate of drug-likeness (QED) is 0.517. The average Bonchev–Trinajstić information content (AvgIpc) is 2.26. The summed E-state index contributed by atoms with van der Waals surface area (Å²) in [5.41, 5.74) is 0. The summed E-state index contributed by atoms with van der Waals surface area (Å²) in [6.45, 7) is 7.46. The topological polar surface area (TPSA) is 41.6 Å². The van der Waals surface area contributed by atoms with Gasteiger partial charge in [-0.05, 0) is 18.8 Å². The Hall–Kier alpha value is -0.100. The molecule has 4 nitrogen and oxygen atoms in total. The number of hydrogen-bond acceptors (Lipinski definition) is 3. The summed E-state index contributed by atoms with van der Waals surface area (Å²) in [5.74, 6) is 4.26. The monoisotopic (exact) mass is 234 g/mol. The maximum Gasteiger partial charge on any atom is 0.0594 e. The van der Waals surface area contributed by atoms with Crippen molar-refractivity contribution in [3.63, 3.8) is 0 Å². The highest BCUT2D eigenvalue weighted by Gasteiger charge is 2.09. The fourth-order valence-electron chi connectivity index (χ4n) is 1.49. The molecule has 1 heterocycles. The maximum absolute atomic E-state index is 11.6. The highest BCUT2D eigenvalue weighted by Crippen LogP contribution is 1.97. The summed E-state index contributed by atoms with van der Waals surface area (Å²) in [6, 6.07) is 0. The summed E-state index contributed by atoms with van der Waals surface area (Å²) < 4.78 is 19.8. The fraction of sp³-hybridized carbons (Fsp3) is 0.900. The van der Waals surface area contributed by atoms with Crippen molar-refractivity contribution in [1.82, 2.24) is 9.62 Å². The van der Waals surface area contributed by atoms with E-state index in [-0.39, 0.29) is 0 Å². The van der Waals surface area contributed by atoms with Gasteiger partial charge in [0.2, 0.25) is 0 Å². The lowest BCUT2D eigenvalue weighted by Gasteiger charge is -2.26. The minimum Gasteiger partial charge on any atom is -0.379 e. The van der Waals surface area contributed by atoms with Crippen molar-refractivity contribution in [3.8, 4) is 0 Å². The summed E-state index contributed by atoms with van der Waals surface area (Å²) in [6.07, 6.45) is 1.02. The molecular weight excluding hydrogens is 212 g/mol. The molecule has 0 spiro atoms. The molecule has 0 aliphatic carbocycles. The largest absolute Gasteiger partial charge is 0.379 e. The van der Waals surface area contributed by atoms with Crippen molar-refractivity contribution in [3.05, 3.63) is 0 Å². The minimum atomic E-state index is -2.02. The Balaban J connectivity index is 2.06. The molecule has 1 aliphatic rings. The SMILES string of the molecule is C=S(=O)(CC)NCCCN1CCOCC1. The van der Waals surface area contributed by atoms with Crippen molar-refractivity contribution in [2.45, 2.75) is 13.3 Å². The van der Waals surface area contributed by atoms with Gasteiger partial charge >= 0.3 is 0 Å². The van der Waals surface area contributed by atoms with E-state index in [1.807, 2.05) is 6.92 Å². The molecule has 0 saturated carbocycles. The molecule has 5 heteroatoms. The molecule has 1 rings (SSSR count). The molecular formula is C10H22N2O2S. The lowest BCUT2D eigenvalue weighted by Crippen LogP contribution is -2.38. The lowest BCUT2D eigenvalue weighted by molar-refractivity contribution is 0.0376. The van der Waals surface area contributed by atoms with Gasteiger partial charge < -0.3 is 4.74 Å². The van der Waals surface area contributed by atoms with Crippen LogP contribution in [0, 0.1) is 0 Å². The van der Waals surface area contributed by atoms with Crippen LogP contribution in [0.4, 0.5) is 0 Å². The van der Waals surface area contributed by atoms with Crippen LogP contribution in [0.2, 0.25) is 0 Å². The zero-order chi connectivity index (χ0) is 11.1. The first-order valence-electron chi connectivity index (χ1n) is 5.53. The molecule has 1 saturated heterocycles. The van der Waals surface area contributed by atoms with Gasteiger partial charge in [0.25, 0.3) is 0 Å². The van der Waals surface area contributed by atoms with E-state index < -0.39 is 9.71 Å². The molecule has 90 valence electrons. The van der Waals surface area contributed by atoms with Crippen molar-refractivity contribution in [2.24, 2.45) is 0 Å². The normalized spacial score (nSPS) is 22.5. The second-order valence-electron chi connectivity index (χ2n) is 3.80. The highest BCUT2D eigenvalue weighted by atomic mass is 32.2. The summed E-state index contributed by atoms with van der Waals surface area (Å²) >= 11 is 0. The fourth-order valence-corrected chi connectivity index (χ4v) is 2.21. The predicted octanol–water partition coefficient (Wildman–Crippen LogP) is -0.0504. The average molecular weight is 234 g/mol. The number of rotatable bonds is 6. The van der Waals surface area contributed by atoms with Gasteiger partial charge in [-0.2, -0.15) is 0 Å². The van der Waals surface area contributed by atoms with Gasteiger partial charge in [0.15, 0.2) is 0 Å². The zero-order valence-corrected chi connectivity index (χ0v) is 10.4. The van der Waals surface area contributed by atoms with Crippen LogP contribution in [0.25, 0.3) is 0 Å². The molecule has 0 bridgehead atoms. The number of morpholine rings is 1. The maximum atomic E-state index is 11.6. The van der Waals surface area contributed by atoms with Gasteiger partial charge in [-0.15, -0.1) is 0 Å². The van der Waals surface area contributed by atoms with Crippen LogP contribution in [0.1, 0.15) is 13.3 Å². The van der Waals surface area contributed by atoms with Crippen LogP contribution in [-0.4, -0.2) is 60.1 Å². The van der Waals surface area contributed by atoms with Crippen LogP contribution < -0.4 is 4.72 Å². The third kappa shape index (κ3) is 5.51. The number of nitrogens with one attached hydrogen (secondary N) is 1. The van der Waals surface area contributed by atoms with E-state index in [1.54, 1.807) is 0 Å². The Morgan fingerprint density at radius 3 is 2.73 bits per heavy atom. The van der Waals surface area contributed by atoms with Crippen LogP contribution in [-0.2, 0) is 14.4 Å².